The minimum absolute atomic E-state index is 0.0214. The molecule has 1 heterocycles. The molecular formula is C11H21N3O2. The SMILES string of the molecule is CCN(CC)C(=O)CN(C)C(=O)C1CNC1. The summed E-state index contributed by atoms with van der Waals surface area (Å²) in [6, 6.07) is 0. The van der Waals surface area contributed by atoms with Gasteiger partial charge in [0, 0.05) is 33.2 Å². The molecule has 2 amide bonds. The van der Waals surface area contributed by atoms with Crippen LogP contribution in [0.25, 0.3) is 0 Å². The fraction of sp³-hybridized carbons (Fsp3) is 0.818. The van der Waals surface area contributed by atoms with E-state index in [-0.39, 0.29) is 24.3 Å². The van der Waals surface area contributed by atoms with Crippen molar-refractivity contribution in [1.82, 2.24) is 15.1 Å². The zero-order valence-electron chi connectivity index (χ0n) is 10.3. The molecule has 0 bridgehead atoms. The van der Waals surface area contributed by atoms with E-state index in [9.17, 15) is 9.59 Å². The van der Waals surface area contributed by atoms with Crippen LogP contribution in [-0.2, 0) is 9.59 Å². The Morgan fingerprint density at radius 3 is 2.19 bits per heavy atom. The summed E-state index contributed by atoms with van der Waals surface area (Å²) in [5.41, 5.74) is 0. The van der Waals surface area contributed by atoms with Crippen molar-refractivity contribution >= 4 is 11.8 Å². The van der Waals surface area contributed by atoms with E-state index in [2.05, 4.69) is 5.32 Å². The normalized spacial score (nSPS) is 15.4. The molecule has 0 aromatic heterocycles. The van der Waals surface area contributed by atoms with E-state index in [0.717, 1.165) is 13.1 Å². The number of amides is 2. The molecule has 0 aromatic rings. The Morgan fingerprint density at radius 2 is 1.81 bits per heavy atom. The van der Waals surface area contributed by atoms with Crippen LogP contribution >= 0.6 is 0 Å². The van der Waals surface area contributed by atoms with Crippen molar-refractivity contribution in [2.45, 2.75) is 13.8 Å². The first-order valence-corrected chi connectivity index (χ1v) is 5.83. The fourth-order valence-electron chi connectivity index (χ4n) is 1.73. The molecule has 1 fully saturated rings. The van der Waals surface area contributed by atoms with Crippen LogP contribution < -0.4 is 5.32 Å². The van der Waals surface area contributed by atoms with Crippen molar-refractivity contribution in [2.75, 3.05) is 39.8 Å². The lowest BCUT2D eigenvalue weighted by Gasteiger charge is -2.31. The molecule has 0 aliphatic carbocycles. The Hall–Kier alpha value is -1.10. The van der Waals surface area contributed by atoms with Crippen molar-refractivity contribution in [3.8, 4) is 0 Å². The summed E-state index contributed by atoms with van der Waals surface area (Å²) in [4.78, 5) is 26.8. The van der Waals surface area contributed by atoms with Crippen molar-refractivity contribution < 1.29 is 9.59 Å². The minimum Gasteiger partial charge on any atom is -0.342 e. The van der Waals surface area contributed by atoms with Gasteiger partial charge in [0.2, 0.25) is 11.8 Å². The van der Waals surface area contributed by atoms with Crippen molar-refractivity contribution in [1.29, 1.82) is 0 Å². The predicted molar refractivity (Wildman–Crippen MR) is 61.9 cm³/mol. The van der Waals surface area contributed by atoms with Gasteiger partial charge in [-0.05, 0) is 13.8 Å². The van der Waals surface area contributed by atoms with Crippen molar-refractivity contribution in [2.24, 2.45) is 5.92 Å². The summed E-state index contributed by atoms with van der Waals surface area (Å²) in [6.07, 6.45) is 0. The summed E-state index contributed by atoms with van der Waals surface area (Å²) >= 11 is 0. The maximum atomic E-state index is 11.8. The maximum Gasteiger partial charge on any atom is 0.242 e. The zero-order valence-corrected chi connectivity index (χ0v) is 10.3. The first kappa shape index (κ1) is 13.0. The Bertz CT molecular complexity index is 260. The molecule has 0 atom stereocenters. The minimum atomic E-state index is 0.0214. The Kier molecular flexibility index (Phi) is 4.73. The highest BCUT2D eigenvalue weighted by molar-refractivity contribution is 5.86. The molecule has 16 heavy (non-hydrogen) atoms. The van der Waals surface area contributed by atoms with Gasteiger partial charge in [0.25, 0.3) is 0 Å². The van der Waals surface area contributed by atoms with Crippen LogP contribution in [-0.4, -0.2) is 61.4 Å². The van der Waals surface area contributed by atoms with E-state index in [4.69, 9.17) is 0 Å². The molecule has 5 heteroatoms. The lowest BCUT2D eigenvalue weighted by molar-refractivity contribution is -0.142. The molecule has 0 radical (unpaired) electrons. The van der Waals surface area contributed by atoms with E-state index >= 15 is 0 Å². The van der Waals surface area contributed by atoms with Crippen LogP contribution in [0.15, 0.2) is 0 Å². The third kappa shape index (κ3) is 2.95. The fourth-order valence-corrected chi connectivity index (χ4v) is 1.73. The number of rotatable bonds is 5. The summed E-state index contributed by atoms with van der Waals surface area (Å²) in [7, 11) is 1.70. The summed E-state index contributed by atoms with van der Waals surface area (Å²) in [5, 5.41) is 3.05. The van der Waals surface area contributed by atoms with Gasteiger partial charge in [-0.15, -0.1) is 0 Å². The molecule has 1 N–H and O–H groups in total. The molecule has 0 spiro atoms. The average molecular weight is 227 g/mol. The molecule has 1 rings (SSSR count). The van der Waals surface area contributed by atoms with Gasteiger partial charge in [-0.3, -0.25) is 9.59 Å². The van der Waals surface area contributed by atoms with Crippen molar-refractivity contribution in [3.05, 3.63) is 0 Å². The molecule has 0 aromatic carbocycles. The largest absolute Gasteiger partial charge is 0.342 e. The van der Waals surface area contributed by atoms with E-state index in [0.29, 0.717) is 13.1 Å². The number of nitrogens with zero attached hydrogens (tertiary/aromatic N) is 2. The van der Waals surface area contributed by atoms with E-state index in [1.807, 2.05) is 13.8 Å². The van der Waals surface area contributed by atoms with Gasteiger partial charge < -0.3 is 15.1 Å². The van der Waals surface area contributed by atoms with Crippen LogP contribution in [0.5, 0.6) is 0 Å². The standard InChI is InChI=1S/C11H21N3O2/c1-4-14(5-2)10(15)8-13(3)11(16)9-6-12-7-9/h9,12H,4-8H2,1-3H3. The molecule has 1 aliphatic rings. The number of likely N-dealkylation sites (N-methyl/N-ethyl adjacent to an activating group) is 2. The first-order chi connectivity index (χ1) is 7.60. The second-order valence-corrected chi connectivity index (χ2v) is 4.12. The van der Waals surface area contributed by atoms with Crippen LogP contribution in [0, 0.1) is 5.92 Å². The van der Waals surface area contributed by atoms with Crippen LogP contribution in [0.4, 0.5) is 0 Å². The van der Waals surface area contributed by atoms with Gasteiger partial charge in [0.05, 0.1) is 12.5 Å². The van der Waals surface area contributed by atoms with Gasteiger partial charge in [-0.1, -0.05) is 0 Å². The molecule has 1 saturated heterocycles. The maximum absolute atomic E-state index is 11.8. The molecule has 0 unspecified atom stereocenters. The lowest BCUT2D eigenvalue weighted by atomic mass is 10.0. The van der Waals surface area contributed by atoms with Gasteiger partial charge in [-0.2, -0.15) is 0 Å². The molecule has 5 nitrogen and oxygen atoms in total. The van der Waals surface area contributed by atoms with Gasteiger partial charge in [0.15, 0.2) is 0 Å². The van der Waals surface area contributed by atoms with Crippen LogP contribution in [0.3, 0.4) is 0 Å². The van der Waals surface area contributed by atoms with E-state index in [1.54, 1.807) is 11.9 Å². The quantitative estimate of drug-likeness (QED) is 0.691. The Morgan fingerprint density at radius 1 is 1.25 bits per heavy atom. The lowest BCUT2D eigenvalue weighted by Crippen LogP contribution is -2.52. The smallest absolute Gasteiger partial charge is 0.242 e. The number of carbonyl (C=O) groups excluding carboxylic acids is 2. The molecule has 1 aliphatic heterocycles. The van der Waals surface area contributed by atoms with Crippen LogP contribution in [0.1, 0.15) is 13.8 Å². The van der Waals surface area contributed by atoms with Crippen LogP contribution in [0.2, 0.25) is 0 Å². The number of nitrogens with one attached hydrogen (secondary N) is 1. The highest BCUT2D eigenvalue weighted by atomic mass is 16.2. The summed E-state index contributed by atoms with van der Waals surface area (Å²) in [6.45, 7) is 6.95. The first-order valence-electron chi connectivity index (χ1n) is 5.83. The second kappa shape index (κ2) is 5.84. The third-order valence-corrected chi connectivity index (χ3v) is 3.00. The van der Waals surface area contributed by atoms with Gasteiger partial charge >= 0.3 is 0 Å². The Balaban J connectivity index is 2.40. The van der Waals surface area contributed by atoms with E-state index in [1.165, 1.54) is 4.90 Å². The predicted octanol–water partition coefficient (Wildman–Crippen LogP) is -0.467. The third-order valence-electron chi connectivity index (χ3n) is 3.00. The highest BCUT2D eigenvalue weighted by Gasteiger charge is 2.28. The number of carbonyl (C=O) groups is 2. The Labute approximate surface area is 96.8 Å². The average Bonchev–Trinajstić information content (AvgIpc) is 2.16. The monoisotopic (exact) mass is 227 g/mol. The molecule has 0 saturated carbocycles. The number of hydrogen-bond acceptors (Lipinski definition) is 3. The summed E-state index contributed by atoms with van der Waals surface area (Å²) < 4.78 is 0. The summed E-state index contributed by atoms with van der Waals surface area (Å²) in [5.74, 6) is 0.155. The molecule has 92 valence electrons. The molecular weight excluding hydrogens is 206 g/mol. The second-order valence-electron chi connectivity index (χ2n) is 4.12. The topological polar surface area (TPSA) is 52.7 Å². The van der Waals surface area contributed by atoms with Gasteiger partial charge in [0.1, 0.15) is 0 Å². The van der Waals surface area contributed by atoms with Crippen molar-refractivity contribution in [3.63, 3.8) is 0 Å². The van der Waals surface area contributed by atoms with Gasteiger partial charge in [-0.25, -0.2) is 0 Å². The number of hydrogen-bond donors (Lipinski definition) is 1. The van der Waals surface area contributed by atoms with E-state index < -0.39 is 0 Å². The highest BCUT2D eigenvalue weighted by Crippen LogP contribution is 2.07. The zero-order chi connectivity index (χ0) is 12.1.